The first kappa shape index (κ1) is 13.1. The number of hydrogen-bond donors (Lipinski definition) is 1. The fourth-order valence-electron chi connectivity index (χ4n) is 1.89. The fraction of sp³-hybridized carbons (Fsp3) is 0.188. The van der Waals surface area contributed by atoms with Crippen LogP contribution in [0.2, 0.25) is 0 Å². The van der Waals surface area contributed by atoms with Crippen LogP contribution < -0.4 is 4.90 Å². The Bertz CT molecular complexity index is 580. The molecule has 0 bridgehead atoms. The maximum atomic E-state index is 9.48. The molecule has 19 heavy (non-hydrogen) atoms. The van der Waals surface area contributed by atoms with Crippen LogP contribution in [0.25, 0.3) is 0 Å². The van der Waals surface area contributed by atoms with Crippen LogP contribution >= 0.6 is 0 Å². The van der Waals surface area contributed by atoms with E-state index in [9.17, 15) is 5.11 Å². The van der Waals surface area contributed by atoms with Gasteiger partial charge in [-0.15, -0.1) is 0 Å². The SMILES string of the molecule is C[C@@H](O)c1ccc(N(C)c2ccc(C#N)cc2)cc1. The number of benzene rings is 2. The van der Waals surface area contributed by atoms with Gasteiger partial charge in [0.2, 0.25) is 0 Å². The Balaban J connectivity index is 2.23. The minimum Gasteiger partial charge on any atom is -0.389 e. The van der Waals surface area contributed by atoms with Gasteiger partial charge in [-0.1, -0.05) is 12.1 Å². The van der Waals surface area contributed by atoms with E-state index < -0.39 is 6.10 Å². The molecule has 0 saturated carbocycles. The van der Waals surface area contributed by atoms with Crippen molar-refractivity contribution in [1.82, 2.24) is 0 Å². The van der Waals surface area contributed by atoms with E-state index in [0.717, 1.165) is 16.9 Å². The zero-order valence-corrected chi connectivity index (χ0v) is 11.0. The van der Waals surface area contributed by atoms with E-state index in [1.165, 1.54) is 0 Å². The molecule has 3 heteroatoms. The summed E-state index contributed by atoms with van der Waals surface area (Å²) in [6.07, 6.45) is -0.450. The van der Waals surface area contributed by atoms with Crippen molar-refractivity contribution in [2.24, 2.45) is 0 Å². The van der Waals surface area contributed by atoms with Gasteiger partial charge in [0.05, 0.1) is 17.7 Å². The zero-order valence-electron chi connectivity index (χ0n) is 11.0. The van der Waals surface area contributed by atoms with Crippen LogP contribution in [-0.2, 0) is 0 Å². The van der Waals surface area contributed by atoms with Gasteiger partial charge in [0, 0.05) is 18.4 Å². The molecule has 0 fully saturated rings. The summed E-state index contributed by atoms with van der Waals surface area (Å²) >= 11 is 0. The molecule has 1 N–H and O–H groups in total. The smallest absolute Gasteiger partial charge is 0.0991 e. The molecule has 2 aromatic rings. The van der Waals surface area contributed by atoms with Crippen molar-refractivity contribution in [3.63, 3.8) is 0 Å². The van der Waals surface area contributed by atoms with Gasteiger partial charge < -0.3 is 10.0 Å². The normalized spacial score (nSPS) is 11.7. The van der Waals surface area contributed by atoms with Crippen LogP contribution in [0.1, 0.15) is 24.2 Å². The summed E-state index contributed by atoms with van der Waals surface area (Å²) in [6, 6.07) is 17.3. The van der Waals surface area contributed by atoms with Gasteiger partial charge >= 0.3 is 0 Å². The third-order valence-corrected chi connectivity index (χ3v) is 3.15. The lowest BCUT2D eigenvalue weighted by Crippen LogP contribution is -2.09. The number of aliphatic hydroxyl groups excluding tert-OH is 1. The summed E-state index contributed by atoms with van der Waals surface area (Å²) in [5.74, 6) is 0. The minimum absolute atomic E-state index is 0.450. The molecule has 1 atom stereocenters. The van der Waals surface area contributed by atoms with Gasteiger partial charge in [0.25, 0.3) is 0 Å². The van der Waals surface area contributed by atoms with Gasteiger partial charge in [-0.25, -0.2) is 0 Å². The summed E-state index contributed by atoms with van der Waals surface area (Å²) in [4.78, 5) is 2.03. The predicted molar refractivity (Wildman–Crippen MR) is 76.3 cm³/mol. The molecule has 0 radical (unpaired) electrons. The van der Waals surface area contributed by atoms with Crippen molar-refractivity contribution in [2.45, 2.75) is 13.0 Å². The van der Waals surface area contributed by atoms with E-state index in [4.69, 9.17) is 5.26 Å². The molecule has 0 unspecified atom stereocenters. The Hall–Kier alpha value is -2.31. The molecule has 0 aliphatic heterocycles. The van der Waals surface area contributed by atoms with Crippen molar-refractivity contribution < 1.29 is 5.11 Å². The number of hydrogen-bond acceptors (Lipinski definition) is 3. The summed E-state index contributed by atoms with van der Waals surface area (Å²) in [6.45, 7) is 1.75. The first-order valence-electron chi connectivity index (χ1n) is 6.13. The second-order valence-electron chi connectivity index (χ2n) is 4.49. The third-order valence-electron chi connectivity index (χ3n) is 3.15. The summed E-state index contributed by atoms with van der Waals surface area (Å²) in [7, 11) is 1.97. The van der Waals surface area contributed by atoms with Crippen LogP contribution in [0.4, 0.5) is 11.4 Å². The van der Waals surface area contributed by atoms with Gasteiger partial charge in [0.15, 0.2) is 0 Å². The number of aliphatic hydroxyl groups is 1. The zero-order chi connectivity index (χ0) is 13.8. The number of anilines is 2. The lowest BCUT2D eigenvalue weighted by Gasteiger charge is -2.20. The third kappa shape index (κ3) is 2.93. The van der Waals surface area contributed by atoms with Crippen molar-refractivity contribution in [2.75, 3.05) is 11.9 Å². The Morgan fingerprint density at radius 2 is 1.47 bits per heavy atom. The summed E-state index contributed by atoms with van der Waals surface area (Å²) in [5.41, 5.74) is 3.61. The molecule has 0 heterocycles. The van der Waals surface area contributed by atoms with Gasteiger partial charge in [0.1, 0.15) is 0 Å². The highest BCUT2D eigenvalue weighted by atomic mass is 16.3. The standard InChI is InChI=1S/C16H16N2O/c1-12(19)14-5-9-16(10-6-14)18(2)15-7-3-13(11-17)4-8-15/h3-10,12,19H,1-2H3/t12-/m1/s1. The first-order chi connectivity index (χ1) is 9.11. The van der Waals surface area contributed by atoms with E-state index in [-0.39, 0.29) is 0 Å². The highest BCUT2D eigenvalue weighted by Gasteiger charge is 2.05. The average molecular weight is 252 g/mol. The molecular formula is C16H16N2O. The molecule has 96 valence electrons. The maximum Gasteiger partial charge on any atom is 0.0991 e. The summed E-state index contributed by atoms with van der Waals surface area (Å²) < 4.78 is 0. The van der Waals surface area contributed by atoms with E-state index in [0.29, 0.717) is 5.56 Å². The van der Waals surface area contributed by atoms with E-state index in [1.54, 1.807) is 19.1 Å². The maximum absolute atomic E-state index is 9.48. The average Bonchev–Trinajstić information content (AvgIpc) is 2.46. The molecule has 0 spiro atoms. The highest BCUT2D eigenvalue weighted by Crippen LogP contribution is 2.25. The molecule has 0 amide bonds. The van der Waals surface area contributed by atoms with Crippen LogP contribution in [0, 0.1) is 11.3 Å². The lowest BCUT2D eigenvalue weighted by atomic mass is 10.1. The van der Waals surface area contributed by atoms with Crippen molar-refractivity contribution in [3.05, 3.63) is 59.7 Å². The van der Waals surface area contributed by atoms with Crippen LogP contribution in [0.5, 0.6) is 0 Å². The first-order valence-corrected chi connectivity index (χ1v) is 6.13. The number of nitrogens with zero attached hydrogens (tertiary/aromatic N) is 2. The van der Waals surface area contributed by atoms with Gasteiger partial charge in [-0.2, -0.15) is 5.26 Å². The molecule has 0 saturated heterocycles. The molecule has 3 nitrogen and oxygen atoms in total. The second kappa shape index (κ2) is 5.55. The van der Waals surface area contributed by atoms with Crippen molar-refractivity contribution in [1.29, 1.82) is 5.26 Å². The van der Waals surface area contributed by atoms with Crippen LogP contribution in [0.15, 0.2) is 48.5 Å². The summed E-state index contributed by atoms with van der Waals surface area (Å²) in [5, 5.41) is 18.3. The number of nitriles is 1. The largest absolute Gasteiger partial charge is 0.389 e. The quantitative estimate of drug-likeness (QED) is 0.911. The Kier molecular flexibility index (Phi) is 3.84. The highest BCUT2D eigenvalue weighted by molar-refractivity contribution is 5.63. The lowest BCUT2D eigenvalue weighted by molar-refractivity contribution is 0.199. The van der Waals surface area contributed by atoms with Crippen LogP contribution in [0.3, 0.4) is 0 Å². The topological polar surface area (TPSA) is 47.3 Å². The predicted octanol–water partition coefficient (Wildman–Crippen LogP) is 3.38. The van der Waals surface area contributed by atoms with Gasteiger partial charge in [-0.3, -0.25) is 0 Å². The number of rotatable bonds is 3. The Morgan fingerprint density at radius 1 is 1.00 bits per heavy atom. The molecule has 0 aliphatic carbocycles. The molecule has 0 aromatic heterocycles. The van der Waals surface area contributed by atoms with Gasteiger partial charge in [-0.05, 0) is 48.9 Å². The molecule has 2 aromatic carbocycles. The monoisotopic (exact) mass is 252 g/mol. The van der Waals surface area contributed by atoms with Crippen molar-refractivity contribution >= 4 is 11.4 Å². The van der Waals surface area contributed by atoms with E-state index in [1.807, 2.05) is 48.3 Å². The van der Waals surface area contributed by atoms with E-state index >= 15 is 0 Å². The van der Waals surface area contributed by atoms with Crippen LogP contribution in [-0.4, -0.2) is 12.2 Å². The van der Waals surface area contributed by atoms with E-state index in [2.05, 4.69) is 6.07 Å². The second-order valence-corrected chi connectivity index (χ2v) is 4.49. The Labute approximate surface area is 113 Å². The molecule has 2 rings (SSSR count). The minimum atomic E-state index is -0.450. The Morgan fingerprint density at radius 3 is 1.89 bits per heavy atom. The molecular weight excluding hydrogens is 236 g/mol. The fourth-order valence-corrected chi connectivity index (χ4v) is 1.89. The molecule has 0 aliphatic rings. The van der Waals surface area contributed by atoms with Crippen molar-refractivity contribution in [3.8, 4) is 6.07 Å².